The summed E-state index contributed by atoms with van der Waals surface area (Å²) in [5.74, 6) is 0.446. The zero-order valence-corrected chi connectivity index (χ0v) is 16.8. The minimum Gasteiger partial charge on any atom is -0.386 e. The molecule has 5 heteroatoms. The van der Waals surface area contributed by atoms with Crippen LogP contribution in [-0.2, 0) is 18.1 Å². The van der Waals surface area contributed by atoms with E-state index in [0.717, 1.165) is 0 Å². The summed E-state index contributed by atoms with van der Waals surface area (Å²) in [4.78, 5) is 0. The second-order valence-corrected chi connectivity index (χ2v) is 7.53. The molecule has 3 aromatic rings. The molecule has 0 bridgehead atoms. The van der Waals surface area contributed by atoms with Crippen LogP contribution in [0, 0.1) is 0 Å². The molecule has 0 aliphatic carbocycles. The highest BCUT2D eigenvalue weighted by atomic mass is 31.2. The Bertz CT molecular complexity index is 907. The predicted molar refractivity (Wildman–Crippen MR) is 117 cm³/mol. The molecule has 146 valence electrons. The Balaban J connectivity index is 1.85. The topological polar surface area (TPSA) is 44.8 Å². The highest BCUT2D eigenvalue weighted by Gasteiger charge is 2.35. The minimum atomic E-state index is -4.18. The molecule has 3 aromatic carbocycles. The van der Waals surface area contributed by atoms with Crippen LogP contribution in [0.3, 0.4) is 0 Å². The van der Waals surface area contributed by atoms with Gasteiger partial charge in [0, 0.05) is 16.7 Å². The van der Waals surface area contributed by atoms with Crippen molar-refractivity contribution in [2.45, 2.75) is 0 Å². The largest absolute Gasteiger partial charge is 0.647 e. The highest BCUT2D eigenvalue weighted by molar-refractivity contribution is 7.49. The predicted octanol–water partition coefficient (Wildman–Crippen LogP) is 7.16. The quantitative estimate of drug-likeness (QED) is 0.280. The van der Waals surface area contributed by atoms with E-state index >= 15 is 0 Å². The zero-order valence-electron chi connectivity index (χ0n) is 15.9. The average Bonchev–Trinajstić information content (AvgIpc) is 2.75. The fourth-order valence-electron chi connectivity index (χ4n) is 2.49. The molecule has 0 saturated carbocycles. The maximum absolute atomic E-state index is 13.5. The molecule has 0 atom stereocenters. The van der Waals surface area contributed by atoms with Crippen molar-refractivity contribution in [1.29, 1.82) is 0 Å². The Morgan fingerprint density at radius 3 is 1.00 bits per heavy atom. The van der Waals surface area contributed by atoms with Crippen LogP contribution in [-0.4, -0.2) is 0 Å². The average molecular weight is 404 g/mol. The zero-order chi connectivity index (χ0) is 20.7. The molecule has 0 radical (unpaired) electrons. The van der Waals surface area contributed by atoms with Crippen molar-refractivity contribution in [1.82, 2.24) is 0 Å². The van der Waals surface area contributed by atoms with Crippen LogP contribution < -0.4 is 0 Å². The van der Waals surface area contributed by atoms with E-state index in [1.165, 1.54) is 0 Å². The summed E-state index contributed by atoms with van der Waals surface area (Å²) in [5, 5.41) is 0. The molecule has 0 heterocycles. The standard InChI is InChI=1S/C24H21O4P/c1-19(22-13-7-4-8-14-22)26-29(25,27-20(2)23-15-9-5-10-16-23)28-21(3)24-17-11-6-12-18-24/h4-18H,1-3H2. The molecule has 3 rings (SSSR count). The van der Waals surface area contributed by atoms with Crippen LogP contribution in [0.25, 0.3) is 17.3 Å². The maximum atomic E-state index is 13.5. The molecule has 0 aliphatic rings. The van der Waals surface area contributed by atoms with Gasteiger partial charge < -0.3 is 13.6 Å². The van der Waals surface area contributed by atoms with Crippen LogP contribution in [0.5, 0.6) is 0 Å². The third kappa shape index (κ3) is 5.50. The molecule has 0 fully saturated rings. The second-order valence-electron chi connectivity index (χ2n) is 6.09. The lowest BCUT2D eigenvalue weighted by atomic mass is 10.2. The molecule has 0 unspecified atom stereocenters. The Morgan fingerprint density at radius 1 is 0.517 bits per heavy atom. The first kappa shape index (κ1) is 20.2. The van der Waals surface area contributed by atoms with E-state index in [9.17, 15) is 4.57 Å². The van der Waals surface area contributed by atoms with Gasteiger partial charge in [-0.25, -0.2) is 0 Å². The Labute approximate surface area is 171 Å². The van der Waals surface area contributed by atoms with Gasteiger partial charge in [0.25, 0.3) is 0 Å². The van der Waals surface area contributed by atoms with Crippen molar-refractivity contribution in [3.05, 3.63) is 127 Å². The smallest absolute Gasteiger partial charge is 0.386 e. The lowest BCUT2D eigenvalue weighted by molar-refractivity contribution is 0.259. The summed E-state index contributed by atoms with van der Waals surface area (Å²) < 4.78 is 30.3. The third-order valence-corrected chi connectivity index (χ3v) is 5.29. The van der Waals surface area contributed by atoms with Gasteiger partial charge in [-0.1, -0.05) is 111 Å². The Morgan fingerprint density at radius 2 is 0.759 bits per heavy atom. The molecule has 0 spiro atoms. The van der Waals surface area contributed by atoms with Gasteiger partial charge in [-0.15, -0.1) is 0 Å². The number of hydrogen-bond donors (Lipinski definition) is 0. The molecule has 0 aromatic heterocycles. The van der Waals surface area contributed by atoms with Crippen LogP contribution in [0.2, 0.25) is 0 Å². The van der Waals surface area contributed by atoms with Crippen LogP contribution in [0.1, 0.15) is 16.7 Å². The summed E-state index contributed by atoms with van der Waals surface area (Å²) in [6.07, 6.45) is 0. The minimum absolute atomic E-state index is 0.149. The summed E-state index contributed by atoms with van der Waals surface area (Å²) in [6, 6.07) is 27.2. The van der Waals surface area contributed by atoms with E-state index in [-0.39, 0.29) is 17.3 Å². The first-order valence-electron chi connectivity index (χ1n) is 8.89. The van der Waals surface area contributed by atoms with Gasteiger partial charge in [-0.2, -0.15) is 4.57 Å². The number of benzene rings is 3. The highest BCUT2D eigenvalue weighted by Crippen LogP contribution is 2.57. The number of phosphoric acid groups is 1. The van der Waals surface area contributed by atoms with Gasteiger partial charge >= 0.3 is 7.82 Å². The van der Waals surface area contributed by atoms with E-state index in [4.69, 9.17) is 13.6 Å². The number of phosphoric ester groups is 1. The molecule has 0 N–H and O–H groups in total. The van der Waals surface area contributed by atoms with Crippen molar-refractivity contribution in [3.63, 3.8) is 0 Å². The number of hydrogen-bond acceptors (Lipinski definition) is 4. The van der Waals surface area contributed by atoms with E-state index in [1.807, 2.05) is 54.6 Å². The van der Waals surface area contributed by atoms with Crippen LogP contribution in [0.4, 0.5) is 0 Å². The molecule has 4 nitrogen and oxygen atoms in total. The van der Waals surface area contributed by atoms with Gasteiger partial charge in [0.15, 0.2) is 0 Å². The molecule has 0 amide bonds. The van der Waals surface area contributed by atoms with E-state index < -0.39 is 7.82 Å². The summed E-state index contributed by atoms with van der Waals surface area (Å²) in [6.45, 7) is 11.6. The van der Waals surface area contributed by atoms with Crippen molar-refractivity contribution < 1.29 is 18.1 Å². The van der Waals surface area contributed by atoms with E-state index in [0.29, 0.717) is 16.7 Å². The monoisotopic (exact) mass is 404 g/mol. The van der Waals surface area contributed by atoms with Crippen LogP contribution in [0.15, 0.2) is 111 Å². The Hall–Kier alpha value is -3.49. The van der Waals surface area contributed by atoms with Crippen LogP contribution >= 0.6 is 7.82 Å². The normalized spacial score (nSPS) is 10.6. The fraction of sp³-hybridized carbons (Fsp3) is 0. The first-order valence-corrected chi connectivity index (χ1v) is 10.3. The van der Waals surface area contributed by atoms with Gasteiger partial charge in [0.2, 0.25) is 0 Å². The molecular formula is C24H21O4P. The van der Waals surface area contributed by atoms with E-state index in [1.54, 1.807) is 36.4 Å². The summed E-state index contributed by atoms with van der Waals surface area (Å²) in [5.41, 5.74) is 1.95. The van der Waals surface area contributed by atoms with Crippen molar-refractivity contribution in [2.24, 2.45) is 0 Å². The van der Waals surface area contributed by atoms with Gasteiger partial charge in [0.1, 0.15) is 17.3 Å². The summed E-state index contributed by atoms with van der Waals surface area (Å²) in [7, 11) is -4.18. The lowest BCUT2D eigenvalue weighted by Gasteiger charge is -2.22. The summed E-state index contributed by atoms with van der Waals surface area (Å²) >= 11 is 0. The first-order chi connectivity index (χ1) is 14.0. The molecular weight excluding hydrogens is 383 g/mol. The van der Waals surface area contributed by atoms with Crippen molar-refractivity contribution in [3.8, 4) is 0 Å². The Kier molecular flexibility index (Phi) is 6.38. The third-order valence-electron chi connectivity index (χ3n) is 3.95. The molecule has 0 aliphatic heterocycles. The molecule has 0 saturated heterocycles. The van der Waals surface area contributed by atoms with Gasteiger partial charge in [-0.3, -0.25) is 0 Å². The second kappa shape index (κ2) is 9.13. The SMILES string of the molecule is C=C(OP(=O)(OC(=C)c1ccccc1)OC(=C)c1ccccc1)c1ccccc1. The van der Waals surface area contributed by atoms with Gasteiger partial charge in [-0.05, 0) is 0 Å². The van der Waals surface area contributed by atoms with Gasteiger partial charge in [0.05, 0.1) is 0 Å². The van der Waals surface area contributed by atoms with E-state index in [2.05, 4.69) is 19.7 Å². The maximum Gasteiger partial charge on any atom is 0.647 e. The fourth-order valence-corrected chi connectivity index (χ4v) is 3.73. The van der Waals surface area contributed by atoms with Crippen molar-refractivity contribution in [2.75, 3.05) is 0 Å². The molecule has 29 heavy (non-hydrogen) atoms. The van der Waals surface area contributed by atoms with Crippen molar-refractivity contribution >= 4 is 25.1 Å². The number of rotatable bonds is 9. The lowest BCUT2D eigenvalue weighted by Crippen LogP contribution is -2.00.